The normalized spacial score (nSPS) is 16.0. The van der Waals surface area contributed by atoms with Gasteiger partial charge in [-0.05, 0) is 61.2 Å². The molecule has 3 heterocycles. The van der Waals surface area contributed by atoms with Gasteiger partial charge in [-0.3, -0.25) is 9.78 Å². The van der Waals surface area contributed by atoms with Crippen molar-refractivity contribution in [1.29, 1.82) is 0 Å². The molecule has 1 atom stereocenters. The SMILES string of the molecule is O=C(NCCc1ccc(O)cc1)c1ccc(N2CCCC2c2ccccn2)nc1. The summed E-state index contributed by atoms with van der Waals surface area (Å²) in [6, 6.07) is 17.0. The van der Waals surface area contributed by atoms with E-state index in [-0.39, 0.29) is 17.7 Å². The number of nitrogens with zero attached hydrogens (tertiary/aromatic N) is 3. The number of aromatic nitrogens is 2. The molecule has 0 aliphatic carbocycles. The average molecular weight is 388 g/mol. The smallest absolute Gasteiger partial charge is 0.252 e. The fourth-order valence-electron chi connectivity index (χ4n) is 3.70. The largest absolute Gasteiger partial charge is 0.508 e. The van der Waals surface area contributed by atoms with Gasteiger partial charge in [0.25, 0.3) is 5.91 Å². The molecule has 1 aliphatic rings. The third-order valence-corrected chi connectivity index (χ3v) is 5.22. The highest BCUT2D eigenvalue weighted by Crippen LogP contribution is 2.34. The second-order valence-corrected chi connectivity index (χ2v) is 7.18. The molecule has 0 spiro atoms. The Morgan fingerprint density at radius 3 is 2.69 bits per heavy atom. The van der Waals surface area contributed by atoms with E-state index < -0.39 is 0 Å². The maximum atomic E-state index is 12.4. The van der Waals surface area contributed by atoms with Gasteiger partial charge >= 0.3 is 0 Å². The van der Waals surface area contributed by atoms with Crippen LogP contribution in [0.1, 0.15) is 40.5 Å². The van der Waals surface area contributed by atoms with Gasteiger partial charge in [-0.2, -0.15) is 0 Å². The predicted molar refractivity (Wildman–Crippen MR) is 112 cm³/mol. The molecule has 0 bridgehead atoms. The number of pyridine rings is 2. The molecule has 2 aromatic heterocycles. The molecule has 2 N–H and O–H groups in total. The Morgan fingerprint density at radius 2 is 1.97 bits per heavy atom. The lowest BCUT2D eigenvalue weighted by molar-refractivity contribution is 0.0954. The number of anilines is 1. The molecule has 1 saturated heterocycles. The van der Waals surface area contributed by atoms with E-state index in [1.165, 1.54) is 0 Å². The van der Waals surface area contributed by atoms with Gasteiger partial charge < -0.3 is 15.3 Å². The van der Waals surface area contributed by atoms with Crippen LogP contribution in [0.4, 0.5) is 5.82 Å². The van der Waals surface area contributed by atoms with Gasteiger partial charge in [0.2, 0.25) is 0 Å². The zero-order chi connectivity index (χ0) is 20.1. The number of benzene rings is 1. The maximum Gasteiger partial charge on any atom is 0.252 e. The van der Waals surface area contributed by atoms with Crippen molar-refractivity contribution in [2.45, 2.75) is 25.3 Å². The average Bonchev–Trinajstić information content (AvgIpc) is 3.26. The minimum atomic E-state index is -0.134. The molecule has 0 radical (unpaired) electrons. The van der Waals surface area contributed by atoms with Crippen molar-refractivity contribution in [2.75, 3.05) is 18.0 Å². The van der Waals surface area contributed by atoms with Crippen LogP contribution in [0.15, 0.2) is 67.0 Å². The first kappa shape index (κ1) is 18.9. The Morgan fingerprint density at radius 1 is 1.10 bits per heavy atom. The summed E-state index contributed by atoms with van der Waals surface area (Å²) in [5, 5.41) is 12.2. The van der Waals surface area contributed by atoms with Crippen LogP contribution < -0.4 is 10.2 Å². The highest BCUT2D eigenvalue weighted by atomic mass is 16.3. The lowest BCUT2D eigenvalue weighted by Crippen LogP contribution is -2.27. The number of hydrogen-bond acceptors (Lipinski definition) is 5. The number of carbonyl (C=O) groups is 1. The van der Waals surface area contributed by atoms with Gasteiger partial charge in [-0.15, -0.1) is 0 Å². The van der Waals surface area contributed by atoms with Crippen molar-refractivity contribution in [3.8, 4) is 5.75 Å². The lowest BCUT2D eigenvalue weighted by Gasteiger charge is -2.25. The fraction of sp³-hybridized carbons (Fsp3) is 0.261. The summed E-state index contributed by atoms with van der Waals surface area (Å²) in [6.45, 7) is 1.46. The minimum absolute atomic E-state index is 0.134. The molecule has 6 nitrogen and oxygen atoms in total. The number of phenolic OH excluding ortho intramolecular Hbond substituents is 1. The van der Waals surface area contributed by atoms with Gasteiger partial charge in [0, 0.05) is 25.5 Å². The van der Waals surface area contributed by atoms with Gasteiger partial charge in [0.15, 0.2) is 0 Å². The summed E-state index contributed by atoms with van der Waals surface area (Å²) in [6.07, 6.45) is 6.32. The molecule has 1 aliphatic heterocycles. The molecule has 1 aromatic carbocycles. The summed E-state index contributed by atoms with van der Waals surface area (Å²) in [7, 11) is 0. The molecule has 1 amide bonds. The summed E-state index contributed by atoms with van der Waals surface area (Å²) in [5.41, 5.74) is 2.67. The summed E-state index contributed by atoms with van der Waals surface area (Å²) in [4.78, 5) is 23.7. The molecule has 1 unspecified atom stereocenters. The molecular weight excluding hydrogens is 364 g/mol. The topological polar surface area (TPSA) is 78.4 Å². The molecular formula is C23H24N4O2. The first-order valence-corrected chi connectivity index (χ1v) is 9.90. The maximum absolute atomic E-state index is 12.4. The summed E-state index contributed by atoms with van der Waals surface area (Å²) >= 11 is 0. The standard InChI is InChI=1S/C23H24N4O2/c28-19-9-6-17(7-10-19)12-14-25-23(29)18-8-11-22(26-16-18)27-15-3-5-21(27)20-4-1-2-13-24-20/h1-2,4,6-11,13,16,21,28H,3,5,12,14-15H2,(H,25,29). The third kappa shape index (κ3) is 4.54. The van der Waals surface area contributed by atoms with E-state index in [0.29, 0.717) is 18.5 Å². The van der Waals surface area contributed by atoms with Crippen LogP contribution >= 0.6 is 0 Å². The Bertz CT molecular complexity index is 943. The quantitative estimate of drug-likeness (QED) is 0.676. The molecule has 29 heavy (non-hydrogen) atoms. The lowest BCUT2D eigenvalue weighted by atomic mass is 10.1. The Kier molecular flexibility index (Phi) is 5.70. The number of hydrogen-bond donors (Lipinski definition) is 2. The number of amides is 1. The molecule has 4 rings (SSSR count). The van der Waals surface area contributed by atoms with E-state index >= 15 is 0 Å². The molecule has 6 heteroatoms. The Balaban J connectivity index is 1.36. The van der Waals surface area contributed by atoms with E-state index in [1.54, 1.807) is 18.3 Å². The zero-order valence-electron chi connectivity index (χ0n) is 16.2. The monoisotopic (exact) mass is 388 g/mol. The first-order valence-electron chi connectivity index (χ1n) is 9.90. The summed E-state index contributed by atoms with van der Waals surface area (Å²) < 4.78 is 0. The van der Waals surface area contributed by atoms with Crippen molar-refractivity contribution in [3.63, 3.8) is 0 Å². The van der Waals surface area contributed by atoms with E-state index in [9.17, 15) is 9.90 Å². The van der Waals surface area contributed by atoms with Gasteiger partial charge in [0.1, 0.15) is 11.6 Å². The van der Waals surface area contributed by atoms with Crippen molar-refractivity contribution >= 4 is 11.7 Å². The number of rotatable bonds is 6. The van der Waals surface area contributed by atoms with E-state index in [4.69, 9.17) is 0 Å². The highest BCUT2D eigenvalue weighted by Gasteiger charge is 2.28. The van der Waals surface area contributed by atoms with Crippen LogP contribution in [0.25, 0.3) is 0 Å². The Labute approximate surface area is 170 Å². The first-order chi connectivity index (χ1) is 14.2. The van der Waals surface area contributed by atoms with E-state index in [2.05, 4.69) is 26.3 Å². The van der Waals surface area contributed by atoms with Crippen molar-refractivity contribution < 1.29 is 9.90 Å². The minimum Gasteiger partial charge on any atom is -0.508 e. The van der Waals surface area contributed by atoms with E-state index in [0.717, 1.165) is 36.5 Å². The molecule has 3 aromatic rings. The zero-order valence-corrected chi connectivity index (χ0v) is 16.2. The van der Waals surface area contributed by atoms with Crippen molar-refractivity contribution in [1.82, 2.24) is 15.3 Å². The van der Waals surface area contributed by atoms with Crippen molar-refractivity contribution in [3.05, 3.63) is 83.8 Å². The third-order valence-electron chi connectivity index (χ3n) is 5.22. The predicted octanol–water partition coefficient (Wildman–Crippen LogP) is 3.50. The van der Waals surface area contributed by atoms with Gasteiger partial charge in [-0.25, -0.2) is 4.98 Å². The van der Waals surface area contributed by atoms with Crippen LogP contribution in [-0.4, -0.2) is 34.1 Å². The summed E-state index contributed by atoms with van der Waals surface area (Å²) in [5.74, 6) is 0.983. The van der Waals surface area contributed by atoms with E-state index in [1.807, 2.05) is 42.6 Å². The molecule has 148 valence electrons. The van der Waals surface area contributed by atoms with Crippen LogP contribution in [0.3, 0.4) is 0 Å². The number of phenols is 1. The van der Waals surface area contributed by atoms with Gasteiger partial charge in [0.05, 0.1) is 17.3 Å². The second kappa shape index (κ2) is 8.73. The second-order valence-electron chi connectivity index (χ2n) is 7.18. The fourth-order valence-corrected chi connectivity index (χ4v) is 3.70. The molecule has 0 saturated carbocycles. The highest BCUT2D eigenvalue weighted by molar-refractivity contribution is 5.94. The number of aromatic hydroxyl groups is 1. The van der Waals surface area contributed by atoms with Crippen molar-refractivity contribution in [2.24, 2.45) is 0 Å². The number of nitrogens with one attached hydrogen (secondary N) is 1. The van der Waals surface area contributed by atoms with Crippen LogP contribution in [0.5, 0.6) is 5.75 Å². The van der Waals surface area contributed by atoms with Crippen LogP contribution in [0, 0.1) is 0 Å². The van der Waals surface area contributed by atoms with Crippen LogP contribution in [-0.2, 0) is 6.42 Å². The van der Waals surface area contributed by atoms with Gasteiger partial charge in [-0.1, -0.05) is 18.2 Å². The number of carbonyl (C=O) groups excluding carboxylic acids is 1. The van der Waals surface area contributed by atoms with Crippen LogP contribution in [0.2, 0.25) is 0 Å². The Hall–Kier alpha value is -3.41. The molecule has 1 fully saturated rings.